The van der Waals surface area contributed by atoms with Crippen LogP contribution in [-0.2, 0) is 14.0 Å². The fourth-order valence-corrected chi connectivity index (χ4v) is 8.17. The maximum absolute atomic E-state index is 11.9. The summed E-state index contributed by atoms with van der Waals surface area (Å²) in [6.07, 6.45) is 0. The van der Waals surface area contributed by atoms with Crippen molar-refractivity contribution < 1.29 is 14.0 Å². The van der Waals surface area contributed by atoms with Gasteiger partial charge in [0.25, 0.3) is 8.32 Å². The van der Waals surface area contributed by atoms with Gasteiger partial charge in [0.05, 0.1) is 6.54 Å². The SMILES string of the molecule is CC(C)(C)OC(=O)CNCCO[Si](c1ccccc1)(c1ccccc1)C(C)(C)C. The van der Waals surface area contributed by atoms with E-state index in [1.807, 2.05) is 32.9 Å². The van der Waals surface area contributed by atoms with E-state index in [0.717, 1.165) is 0 Å². The smallest absolute Gasteiger partial charge is 0.320 e. The van der Waals surface area contributed by atoms with E-state index in [2.05, 4.69) is 74.6 Å². The van der Waals surface area contributed by atoms with E-state index in [-0.39, 0.29) is 17.6 Å². The third-order valence-electron chi connectivity index (χ3n) is 4.70. The van der Waals surface area contributed by atoms with Gasteiger partial charge in [-0.1, -0.05) is 81.4 Å². The molecular weight excluding hydrogens is 378 g/mol. The summed E-state index contributed by atoms with van der Waals surface area (Å²) in [6, 6.07) is 21.1. The predicted molar refractivity (Wildman–Crippen MR) is 122 cm³/mol. The molecule has 5 heteroatoms. The van der Waals surface area contributed by atoms with Crippen LogP contribution >= 0.6 is 0 Å². The van der Waals surface area contributed by atoms with Crippen molar-refractivity contribution in [1.29, 1.82) is 0 Å². The molecule has 0 aliphatic carbocycles. The first-order chi connectivity index (χ1) is 13.6. The molecule has 0 radical (unpaired) electrons. The lowest BCUT2D eigenvalue weighted by molar-refractivity contribution is -0.153. The lowest BCUT2D eigenvalue weighted by atomic mass is 10.2. The van der Waals surface area contributed by atoms with Crippen molar-refractivity contribution in [2.45, 2.75) is 52.2 Å². The highest BCUT2D eigenvalue weighted by atomic mass is 28.4. The lowest BCUT2D eigenvalue weighted by Crippen LogP contribution is -2.67. The normalized spacial score (nSPS) is 12.6. The minimum atomic E-state index is -2.52. The van der Waals surface area contributed by atoms with E-state index >= 15 is 0 Å². The molecule has 0 heterocycles. The fraction of sp³-hybridized carbons (Fsp3) is 0.458. The maximum Gasteiger partial charge on any atom is 0.320 e. The zero-order valence-corrected chi connectivity index (χ0v) is 19.6. The van der Waals surface area contributed by atoms with Crippen LogP contribution < -0.4 is 15.7 Å². The van der Waals surface area contributed by atoms with Gasteiger partial charge < -0.3 is 14.5 Å². The van der Waals surface area contributed by atoms with Gasteiger partial charge in [-0.15, -0.1) is 0 Å². The van der Waals surface area contributed by atoms with E-state index in [4.69, 9.17) is 9.16 Å². The van der Waals surface area contributed by atoms with Gasteiger partial charge >= 0.3 is 5.97 Å². The van der Waals surface area contributed by atoms with Gasteiger partial charge in [0.1, 0.15) is 5.60 Å². The number of ether oxygens (including phenoxy) is 1. The lowest BCUT2D eigenvalue weighted by Gasteiger charge is -2.43. The van der Waals surface area contributed by atoms with E-state index in [9.17, 15) is 4.79 Å². The Labute approximate surface area is 176 Å². The van der Waals surface area contributed by atoms with Crippen molar-refractivity contribution in [2.75, 3.05) is 19.7 Å². The van der Waals surface area contributed by atoms with Crippen LogP contribution in [0.5, 0.6) is 0 Å². The quantitative estimate of drug-likeness (QED) is 0.409. The van der Waals surface area contributed by atoms with Crippen molar-refractivity contribution in [2.24, 2.45) is 0 Å². The standard InChI is InChI=1S/C24H35NO3Si/c1-23(2,3)28-22(26)19-25-17-18-27-29(24(4,5)6,20-13-9-7-10-14-20)21-15-11-8-12-16-21/h7-16,25H,17-19H2,1-6H3. The average Bonchev–Trinajstić information content (AvgIpc) is 2.63. The molecule has 1 N–H and O–H groups in total. The van der Waals surface area contributed by atoms with Crippen LogP contribution in [0.2, 0.25) is 5.04 Å². The van der Waals surface area contributed by atoms with Gasteiger partial charge in [0, 0.05) is 13.2 Å². The first kappa shape index (κ1) is 23.3. The summed E-state index contributed by atoms with van der Waals surface area (Å²) >= 11 is 0. The molecule has 0 bridgehead atoms. The topological polar surface area (TPSA) is 47.6 Å². The van der Waals surface area contributed by atoms with Crippen molar-refractivity contribution in [3.8, 4) is 0 Å². The molecule has 2 aromatic rings. The molecular formula is C24H35NO3Si. The third kappa shape index (κ3) is 6.26. The Bertz CT molecular complexity index is 725. The molecule has 2 aromatic carbocycles. The Morgan fingerprint density at radius 1 is 0.862 bits per heavy atom. The Kier molecular flexibility index (Phi) is 7.80. The molecule has 0 atom stereocenters. The molecule has 0 aliphatic heterocycles. The molecule has 0 unspecified atom stereocenters. The molecule has 0 fully saturated rings. The van der Waals surface area contributed by atoms with Gasteiger partial charge in [0.2, 0.25) is 0 Å². The summed E-state index contributed by atoms with van der Waals surface area (Å²) in [5, 5.41) is 5.61. The summed E-state index contributed by atoms with van der Waals surface area (Å²) in [5.41, 5.74) is -0.468. The van der Waals surface area contributed by atoms with Crippen LogP contribution in [0.3, 0.4) is 0 Å². The first-order valence-electron chi connectivity index (χ1n) is 10.2. The highest BCUT2D eigenvalue weighted by Gasteiger charge is 2.49. The van der Waals surface area contributed by atoms with Crippen molar-refractivity contribution in [3.63, 3.8) is 0 Å². The zero-order chi connectivity index (χ0) is 21.5. The van der Waals surface area contributed by atoms with Crippen LogP contribution in [-0.4, -0.2) is 39.6 Å². The van der Waals surface area contributed by atoms with Crippen molar-refractivity contribution in [3.05, 3.63) is 60.7 Å². The predicted octanol–water partition coefficient (Wildman–Crippen LogP) is 3.49. The van der Waals surface area contributed by atoms with E-state index in [1.54, 1.807) is 0 Å². The number of carbonyl (C=O) groups excluding carboxylic acids is 1. The Morgan fingerprint density at radius 2 is 1.34 bits per heavy atom. The van der Waals surface area contributed by atoms with Crippen LogP contribution in [0.25, 0.3) is 0 Å². The van der Waals surface area contributed by atoms with Crippen molar-refractivity contribution >= 4 is 24.7 Å². The summed E-state index contributed by atoms with van der Waals surface area (Å²) < 4.78 is 12.1. The molecule has 4 nitrogen and oxygen atoms in total. The van der Waals surface area contributed by atoms with Crippen LogP contribution in [0.15, 0.2) is 60.7 Å². The van der Waals surface area contributed by atoms with Crippen molar-refractivity contribution in [1.82, 2.24) is 5.32 Å². The van der Waals surface area contributed by atoms with E-state index < -0.39 is 13.9 Å². The highest BCUT2D eigenvalue weighted by molar-refractivity contribution is 6.99. The molecule has 29 heavy (non-hydrogen) atoms. The minimum Gasteiger partial charge on any atom is -0.459 e. The summed E-state index contributed by atoms with van der Waals surface area (Å²) in [6.45, 7) is 13.7. The Balaban J connectivity index is 2.16. The molecule has 2 rings (SSSR count). The first-order valence-corrected chi connectivity index (χ1v) is 12.1. The Morgan fingerprint density at radius 3 is 1.76 bits per heavy atom. The number of carbonyl (C=O) groups is 1. The van der Waals surface area contributed by atoms with Gasteiger partial charge in [0.15, 0.2) is 0 Å². The minimum absolute atomic E-state index is 0.0547. The third-order valence-corrected chi connectivity index (χ3v) is 9.75. The molecule has 0 saturated heterocycles. The molecule has 0 aliphatic rings. The van der Waals surface area contributed by atoms with Crippen LogP contribution in [0.4, 0.5) is 0 Å². The molecule has 158 valence electrons. The van der Waals surface area contributed by atoms with Crippen LogP contribution in [0, 0.1) is 0 Å². The second-order valence-electron chi connectivity index (χ2n) is 9.27. The Hall–Kier alpha value is -1.95. The number of hydrogen-bond donors (Lipinski definition) is 1. The fourth-order valence-electron chi connectivity index (χ4n) is 3.61. The summed E-state index contributed by atoms with van der Waals surface area (Å²) in [7, 11) is -2.52. The molecule has 0 aromatic heterocycles. The highest BCUT2D eigenvalue weighted by Crippen LogP contribution is 2.36. The second kappa shape index (κ2) is 9.70. The second-order valence-corrected chi connectivity index (χ2v) is 13.6. The summed E-state index contributed by atoms with van der Waals surface area (Å²) in [4.78, 5) is 11.9. The number of rotatable bonds is 8. The van der Waals surface area contributed by atoms with Gasteiger partial charge in [-0.05, 0) is 36.2 Å². The zero-order valence-electron chi connectivity index (χ0n) is 18.6. The monoisotopic (exact) mass is 413 g/mol. The largest absolute Gasteiger partial charge is 0.459 e. The number of esters is 1. The van der Waals surface area contributed by atoms with Gasteiger partial charge in [-0.3, -0.25) is 4.79 Å². The van der Waals surface area contributed by atoms with E-state index in [1.165, 1.54) is 10.4 Å². The number of benzene rings is 2. The number of nitrogens with one attached hydrogen (secondary N) is 1. The van der Waals surface area contributed by atoms with E-state index in [0.29, 0.717) is 13.2 Å². The van der Waals surface area contributed by atoms with Gasteiger partial charge in [-0.25, -0.2) is 0 Å². The molecule has 0 spiro atoms. The molecule has 0 amide bonds. The van der Waals surface area contributed by atoms with Crippen LogP contribution in [0.1, 0.15) is 41.5 Å². The average molecular weight is 414 g/mol. The maximum atomic E-state index is 11.9. The van der Waals surface area contributed by atoms with Gasteiger partial charge in [-0.2, -0.15) is 0 Å². The number of hydrogen-bond acceptors (Lipinski definition) is 4. The summed E-state index contributed by atoms with van der Waals surface area (Å²) in [5.74, 6) is -0.247. The molecule has 0 saturated carbocycles.